The molecule has 1 atom stereocenters. The lowest BCUT2D eigenvalue weighted by Gasteiger charge is -2.16. The van der Waals surface area contributed by atoms with Crippen molar-refractivity contribution in [3.63, 3.8) is 0 Å². The standard InChI is InChI=1S/C23H21FN4O2/c1-3-30-21-10-16(7-8-19(21)15-5-4-6-18(24)9-15)23(29)27-14(2)20-13-25-11-17-12-26-28-22(17)20/h4-14H,3H2,1-2H3,(H,26,28)(H,27,29)/t14-/m1/s1. The Bertz CT molecular complexity index is 1200. The van der Waals surface area contributed by atoms with Gasteiger partial charge < -0.3 is 10.1 Å². The van der Waals surface area contributed by atoms with Crippen molar-refractivity contribution in [1.29, 1.82) is 0 Å². The summed E-state index contributed by atoms with van der Waals surface area (Å²) in [5, 5.41) is 10.9. The van der Waals surface area contributed by atoms with Crippen LogP contribution >= 0.6 is 0 Å². The van der Waals surface area contributed by atoms with E-state index in [0.29, 0.717) is 23.5 Å². The van der Waals surface area contributed by atoms with Gasteiger partial charge in [-0.1, -0.05) is 12.1 Å². The third-order valence-corrected chi connectivity index (χ3v) is 4.88. The number of pyridine rings is 1. The van der Waals surface area contributed by atoms with Gasteiger partial charge in [-0.3, -0.25) is 14.9 Å². The number of carbonyl (C=O) groups excluding carboxylic acids is 1. The molecule has 0 unspecified atom stereocenters. The van der Waals surface area contributed by atoms with Crippen molar-refractivity contribution in [3.8, 4) is 16.9 Å². The number of amides is 1. The summed E-state index contributed by atoms with van der Waals surface area (Å²) >= 11 is 0. The van der Waals surface area contributed by atoms with Crippen molar-refractivity contribution in [2.24, 2.45) is 0 Å². The molecule has 0 saturated carbocycles. The van der Waals surface area contributed by atoms with Crippen molar-refractivity contribution in [3.05, 3.63) is 78.0 Å². The molecule has 0 saturated heterocycles. The topological polar surface area (TPSA) is 79.9 Å². The fourth-order valence-corrected chi connectivity index (χ4v) is 3.41. The van der Waals surface area contributed by atoms with Gasteiger partial charge in [0.15, 0.2) is 0 Å². The first-order valence-corrected chi connectivity index (χ1v) is 9.67. The fourth-order valence-electron chi connectivity index (χ4n) is 3.41. The van der Waals surface area contributed by atoms with Crippen LogP contribution in [0.5, 0.6) is 5.75 Å². The van der Waals surface area contributed by atoms with E-state index in [9.17, 15) is 9.18 Å². The quantitative estimate of drug-likeness (QED) is 0.490. The minimum atomic E-state index is -0.327. The summed E-state index contributed by atoms with van der Waals surface area (Å²) in [4.78, 5) is 17.1. The lowest BCUT2D eigenvalue weighted by Crippen LogP contribution is -2.27. The first kappa shape index (κ1) is 19.6. The molecule has 4 aromatic rings. The van der Waals surface area contributed by atoms with Crippen LogP contribution in [-0.4, -0.2) is 27.7 Å². The lowest BCUT2D eigenvalue weighted by molar-refractivity contribution is 0.0939. The Labute approximate surface area is 173 Å². The van der Waals surface area contributed by atoms with Gasteiger partial charge >= 0.3 is 0 Å². The minimum Gasteiger partial charge on any atom is -0.493 e. The number of ether oxygens (including phenoxy) is 1. The summed E-state index contributed by atoms with van der Waals surface area (Å²) in [7, 11) is 0. The van der Waals surface area contributed by atoms with Gasteiger partial charge in [-0.2, -0.15) is 5.10 Å². The van der Waals surface area contributed by atoms with Gasteiger partial charge in [-0.15, -0.1) is 0 Å². The molecule has 2 N–H and O–H groups in total. The van der Waals surface area contributed by atoms with Crippen LogP contribution in [0.4, 0.5) is 4.39 Å². The van der Waals surface area contributed by atoms with E-state index in [1.54, 1.807) is 48.9 Å². The lowest BCUT2D eigenvalue weighted by atomic mass is 10.0. The number of nitrogens with zero attached hydrogens (tertiary/aromatic N) is 2. The van der Waals surface area contributed by atoms with Gasteiger partial charge in [-0.25, -0.2) is 4.39 Å². The molecule has 0 radical (unpaired) electrons. The molecule has 2 aromatic carbocycles. The molecule has 0 fully saturated rings. The highest BCUT2D eigenvalue weighted by Gasteiger charge is 2.17. The second kappa shape index (κ2) is 8.32. The Morgan fingerprint density at radius 2 is 2.07 bits per heavy atom. The molecule has 6 nitrogen and oxygen atoms in total. The Kier molecular flexibility index (Phi) is 5.43. The van der Waals surface area contributed by atoms with Crippen LogP contribution in [0.1, 0.15) is 35.8 Å². The van der Waals surface area contributed by atoms with Crippen LogP contribution in [0.25, 0.3) is 22.0 Å². The fraction of sp³-hybridized carbons (Fsp3) is 0.174. The van der Waals surface area contributed by atoms with Gasteiger partial charge in [-0.05, 0) is 49.7 Å². The maximum absolute atomic E-state index is 13.7. The zero-order valence-corrected chi connectivity index (χ0v) is 16.6. The van der Waals surface area contributed by atoms with Crippen molar-refractivity contribution in [2.45, 2.75) is 19.9 Å². The zero-order chi connectivity index (χ0) is 21.1. The Morgan fingerprint density at radius 3 is 2.87 bits per heavy atom. The smallest absolute Gasteiger partial charge is 0.251 e. The van der Waals surface area contributed by atoms with E-state index in [-0.39, 0.29) is 17.8 Å². The number of H-pyrrole nitrogens is 1. The molecule has 152 valence electrons. The minimum absolute atomic E-state index is 0.245. The van der Waals surface area contributed by atoms with Crippen molar-refractivity contribution >= 4 is 16.8 Å². The van der Waals surface area contributed by atoms with Crippen LogP contribution in [0.2, 0.25) is 0 Å². The zero-order valence-electron chi connectivity index (χ0n) is 16.6. The predicted octanol–water partition coefficient (Wildman–Crippen LogP) is 4.65. The second-order valence-corrected chi connectivity index (χ2v) is 6.91. The number of hydrogen-bond donors (Lipinski definition) is 2. The maximum Gasteiger partial charge on any atom is 0.251 e. The van der Waals surface area contributed by atoms with Gasteiger partial charge in [0.1, 0.15) is 11.6 Å². The highest BCUT2D eigenvalue weighted by atomic mass is 19.1. The molecular weight excluding hydrogens is 383 g/mol. The highest BCUT2D eigenvalue weighted by molar-refractivity contribution is 5.96. The average Bonchev–Trinajstić information content (AvgIpc) is 3.22. The summed E-state index contributed by atoms with van der Waals surface area (Å²) < 4.78 is 19.4. The number of aromatic nitrogens is 3. The summed E-state index contributed by atoms with van der Waals surface area (Å²) in [5.41, 5.74) is 3.56. The van der Waals surface area contributed by atoms with Crippen LogP contribution in [0.3, 0.4) is 0 Å². The SMILES string of the molecule is CCOc1cc(C(=O)N[C@H](C)c2cncc3cn[nH]c23)ccc1-c1cccc(F)c1. The van der Waals surface area contributed by atoms with Gasteiger partial charge in [0.05, 0.1) is 24.4 Å². The number of hydrogen-bond acceptors (Lipinski definition) is 4. The van der Waals surface area contributed by atoms with E-state index >= 15 is 0 Å². The number of aromatic amines is 1. The molecule has 2 heterocycles. The van der Waals surface area contributed by atoms with Crippen LogP contribution in [0.15, 0.2) is 61.1 Å². The normalized spacial score (nSPS) is 12.0. The van der Waals surface area contributed by atoms with Crippen molar-refractivity contribution in [1.82, 2.24) is 20.5 Å². The van der Waals surface area contributed by atoms with Gasteiger partial charge in [0.25, 0.3) is 5.91 Å². The maximum atomic E-state index is 13.7. The monoisotopic (exact) mass is 404 g/mol. The Hall–Kier alpha value is -3.74. The van der Waals surface area contributed by atoms with Crippen LogP contribution in [0, 0.1) is 5.82 Å². The predicted molar refractivity (Wildman–Crippen MR) is 113 cm³/mol. The largest absolute Gasteiger partial charge is 0.493 e. The number of halogens is 1. The third kappa shape index (κ3) is 3.87. The summed E-state index contributed by atoms with van der Waals surface area (Å²) in [6.45, 7) is 4.18. The summed E-state index contributed by atoms with van der Waals surface area (Å²) in [5.74, 6) is -0.0429. The first-order chi connectivity index (χ1) is 14.6. The molecular formula is C23H21FN4O2. The molecule has 7 heteroatoms. The number of rotatable bonds is 6. The van der Waals surface area contributed by atoms with Crippen molar-refractivity contribution < 1.29 is 13.9 Å². The molecule has 0 bridgehead atoms. The molecule has 4 rings (SSSR count). The Balaban J connectivity index is 1.61. The van der Waals surface area contributed by atoms with E-state index in [1.165, 1.54) is 12.1 Å². The average molecular weight is 404 g/mol. The second-order valence-electron chi connectivity index (χ2n) is 6.91. The number of carbonyl (C=O) groups is 1. The van der Waals surface area contributed by atoms with Gasteiger partial charge in [0.2, 0.25) is 0 Å². The highest BCUT2D eigenvalue weighted by Crippen LogP contribution is 2.32. The third-order valence-electron chi connectivity index (χ3n) is 4.88. The number of nitrogens with one attached hydrogen (secondary N) is 2. The molecule has 0 aliphatic carbocycles. The molecule has 0 spiro atoms. The van der Waals surface area contributed by atoms with Crippen LogP contribution in [-0.2, 0) is 0 Å². The number of fused-ring (bicyclic) bond motifs is 1. The first-order valence-electron chi connectivity index (χ1n) is 9.67. The molecule has 30 heavy (non-hydrogen) atoms. The summed E-state index contributed by atoms with van der Waals surface area (Å²) in [6.07, 6.45) is 5.13. The van der Waals surface area contributed by atoms with E-state index in [4.69, 9.17) is 4.74 Å². The summed E-state index contributed by atoms with van der Waals surface area (Å²) in [6, 6.07) is 11.2. The van der Waals surface area contributed by atoms with E-state index in [2.05, 4.69) is 20.5 Å². The van der Waals surface area contributed by atoms with E-state index in [0.717, 1.165) is 22.0 Å². The molecule has 0 aliphatic rings. The van der Waals surface area contributed by atoms with E-state index < -0.39 is 0 Å². The van der Waals surface area contributed by atoms with Crippen molar-refractivity contribution in [2.75, 3.05) is 6.61 Å². The molecule has 2 aromatic heterocycles. The molecule has 0 aliphatic heterocycles. The molecule has 1 amide bonds. The van der Waals surface area contributed by atoms with E-state index in [1.807, 2.05) is 13.8 Å². The Morgan fingerprint density at radius 1 is 1.20 bits per heavy atom. The van der Waals surface area contributed by atoms with Crippen LogP contribution < -0.4 is 10.1 Å². The number of benzene rings is 2. The van der Waals surface area contributed by atoms with Gasteiger partial charge in [0, 0.05) is 34.5 Å².